The predicted octanol–water partition coefficient (Wildman–Crippen LogP) is 3.61. The van der Waals surface area contributed by atoms with Crippen LogP contribution in [0.4, 0.5) is 8.78 Å². The van der Waals surface area contributed by atoms with Crippen molar-refractivity contribution in [3.05, 3.63) is 58.1 Å². The molecule has 0 aliphatic heterocycles. The van der Waals surface area contributed by atoms with Crippen molar-refractivity contribution in [2.45, 2.75) is 0 Å². The zero-order valence-corrected chi connectivity index (χ0v) is 11.6. The van der Waals surface area contributed by atoms with Gasteiger partial charge in [-0.3, -0.25) is 0 Å². The second kappa shape index (κ2) is 5.87. The summed E-state index contributed by atoms with van der Waals surface area (Å²) in [5.41, 5.74) is 5.57. The standard InChI is InChI=1S/C13H9BrF2N2O2/c14-9-6-8(2-3-10(9)15)20-12-4-1-7(5-11(12)16)13(17)18-19/h1-6,19H,(H2,17,18). The Balaban J connectivity index is 2.28. The lowest BCUT2D eigenvalue weighted by Crippen LogP contribution is -2.13. The first-order valence-electron chi connectivity index (χ1n) is 5.41. The number of hydrogen-bond acceptors (Lipinski definition) is 3. The van der Waals surface area contributed by atoms with Gasteiger partial charge < -0.3 is 15.7 Å². The van der Waals surface area contributed by atoms with E-state index in [0.29, 0.717) is 0 Å². The lowest BCUT2D eigenvalue weighted by molar-refractivity contribution is 0.318. The van der Waals surface area contributed by atoms with Crippen molar-refractivity contribution in [1.82, 2.24) is 0 Å². The maximum absolute atomic E-state index is 13.8. The van der Waals surface area contributed by atoms with Gasteiger partial charge in [-0.05, 0) is 52.3 Å². The molecule has 0 saturated carbocycles. The van der Waals surface area contributed by atoms with Crippen LogP contribution in [0.15, 0.2) is 46.0 Å². The second-order valence-electron chi connectivity index (χ2n) is 3.81. The van der Waals surface area contributed by atoms with Gasteiger partial charge in [-0.1, -0.05) is 5.16 Å². The monoisotopic (exact) mass is 342 g/mol. The van der Waals surface area contributed by atoms with E-state index in [0.717, 1.165) is 6.07 Å². The lowest BCUT2D eigenvalue weighted by Gasteiger charge is -2.08. The van der Waals surface area contributed by atoms with Gasteiger partial charge in [-0.2, -0.15) is 0 Å². The Hall–Kier alpha value is -2.15. The van der Waals surface area contributed by atoms with Crippen LogP contribution in [0.2, 0.25) is 0 Å². The van der Waals surface area contributed by atoms with Crippen LogP contribution in [0.25, 0.3) is 0 Å². The highest BCUT2D eigenvalue weighted by molar-refractivity contribution is 9.10. The highest BCUT2D eigenvalue weighted by Gasteiger charge is 2.09. The molecule has 7 heteroatoms. The topological polar surface area (TPSA) is 67.8 Å². The lowest BCUT2D eigenvalue weighted by atomic mass is 10.2. The van der Waals surface area contributed by atoms with Gasteiger partial charge in [0.05, 0.1) is 4.47 Å². The summed E-state index contributed by atoms with van der Waals surface area (Å²) < 4.78 is 32.4. The Kier molecular flexibility index (Phi) is 4.19. The minimum atomic E-state index is -0.686. The molecular weight excluding hydrogens is 334 g/mol. The molecule has 0 bridgehead atoms. The molecule has 3 N–H and O–H groups in total. The maximum Gasteiger partial charge on any atom is 0.170 e. The number of rotatable bonds is 3. The molecule has 0 spiro atoms. The van der Waals surface area contributed by atoms with Crippen LogP contribution >= 0.6 is 15.9 Å². The van der Waals surface area contributed by atoms with Crippen LogP contribution in [0.1, 0.15) is 5.56 Å². The second-order valence-corrected chi connectivity index (χ2v) is 4.66. The smallest absolute Gasteiger partial charge is 0.170 e. The molecule has 2 aromatic rings. The number of ether oxygens (including phenoxy) is 1. The third kappa shape index (κ3) is 3.05. The highest BCUT2D eigenvalue weighted by Crippen LogP contribution is 2.28. The zero-order valence-electron chi connectivity index (χ0n) is 9.98. The van der Waals surface area contributed by atoms with Crippen molar-refractivity contribution in [2.75, 3.05) is 0 Å². The van der Waals surface area contributed by atoms with E-state index >= 15 is 0 Å². The molecule has 0 aliphatic rings. The first kappa shape index (κ1) is 14.3. The summed E-state index contributed by atoms with van der Waals surface area (Å²) in [6.45, 7) is 0. The molecule has 0 heterocycles. The Bertz CT molecular complexity index is 677. The highest BCUT2D eigenvalue weighted by atomic mass is 79.9. The molecule has 4 nitrogen and oxygen atoms in total. The molecule has 0 atom stereocenters. The number of oxime groups is 1. The van der Waals surface area contributed by atoms with E-state index in [2.05, 4.69) is 21.1 Å². The third-order valence-electron chi connectivity index (χ3n) is 2.45. The molecule has 0 saturated heterocycles. The average molecular weight is 343 g/mol. The van der Waals surface area contributed by atoms with Gasteiger partial charge in [0.1, 0.15) is 11.6 Å². The van der Waals surface area contributed by atoms with Crippen molar-refractivity contribution < 1.29 is 18.7 Å². The van der Waals surface area contributed by atoms with E-state index in [1.165, 1.54) is 30.3 Å². The molecule has 0 aromatic heterocycles. The van der Waals surface area contributed by atoms with Crippen molar-refractivity contribution in [3.8, 4) is 11.5 Å². The van der Waals surface area contributed by atoms with Crippen LogP contribution in [-0.2, 0) is 0 Å². The van der Waals surface area contributed by atoms with Crippen LogP contribution in [-0.4, -0.2) is 11.0 Å². The quantitative estimate of drug-likeness (QED) is 0.387. The predicted molar refractivity (Wildman–Crippen MR) is 73.1 cm³/mol. The van der Waals surface area contributed by atoms with Crippen LogP contribution in [0.3, 0.4) is 0 Å². The molecule has 0 fully saturated rings. The Morgan fingerprint density at radius 2 is 1.90 bits per heavy atom. The van der Waals surface area contributed by atoms with Crippen molar-refractivity contribution in [2.24, 2.45) is 10.9 Å². The molecular formula is C13H9BrF2N2O2. The van der Waals surface area contributed by atoms with Gasteiger partial charge in [0.15, 0.2) is 17.4 Å². The summed E-state index contributed by atoms with van der Waals surface area (Å²) >= 11 is 3.01. The molecule has 20 heavy (non-hydrogen) atoms. The van der Waals surface area contributed by atoms with Gasteiger partial charge >= 0.3 is 0 Å². The fourth-order valence-electron chi connectivity index (χ4n) is 1.47. The summed E-state index contributed by atoms with van der Waals surface area (Å²) in [5, 5.41) is 11.3. The van der Waals surface area contributed by atoms with Gasteiger partial charge in [0.2, 0.25) is 0 Å². The molecule has 0 unspecified atom stereocenters. The molecule has 104 valence electrons. The van der Waals surface area contributed by atoms with Crippen LogP contribution in [0, 0.1) is 11.6 Å². The summed E-state index contributed by atoms with van der Waals surface area (Å²) in [4.78, 5) is 0. The number of benzene rings is 2. The summed E-state index contributed by atoms with van der Waals surface area (Å²) in [7, 11) is 0. The van der Waals surface area contributed by atoms with E-state index in [-0.39, 0.29) is 27.4 Å². The van der Waals surface area contributed by atoms with Gasteiger partial charge in [0.25, 0.3) is 0 Å². The van der Waals surface area contributed by atoms with Crippen molar-refractivity contribution in [1.29, 1.82) is 0 Å². The number of halogens is 3. The van der Waals surface area contributed by atoms with E-state index in [1.807, 2.05) is 0 Å². The molecule has 0 amide bonds. The Morgan fingerprint density at radius 1 is 1.15 bits per heavy atom. The normalized spacial score (nSPS) is 11.4. The Morgan fingerprint density at radius 3 is 2.50 bits per heavy atom. The first-order valence-corrected chi connectivity index (χ1v) is 6.21. The summed E-state index contributed by atoms with van der Waals surface area (Å²) in [6.07, 6.45) is 0. The van der Waals surface area contributed by atoms with Crippen LogP contribution in [0.5, 0.6) is 11.5 Å². The van der Waals surface area contributed by atoms with Crippen molar-refractivity contribution >= 4 is 21.8 Å². The first-order chi connectivity index (χ1) is 9.51. The van der Waals surface area contributed by atoms with E-state index < -0.39 is 11.6 Å². The third-order valence-corrected chi connectivity index (χ3v) is 3.06. The minimum Gasteiger partial charge on any atom is -0.454 e. The number of nitrogens with two attached hydrogens (primary N) is 1. The van der Waals surface area contributed by atoms with Crippen molar-refractivity contribution in [3.63, 3.8) is 0 Å². The Labute approximate surface area is 121 Å². The van der Waals surface area contributed by atoms with E-state index in [1.54, 1.807) is 0 Å². The molecule has 0 radical (unpaired) electrons. The minimum absolute atomic E-state index is 0.0574. The largest absolute Gasteiger partial charge is 0.454 e. The van der Waals surface area contributed by atoms with Gasteiger partial charge in [0, 0.05) is 5.56 Å². The summed E-state index contributed by atoms with van der Waals surface area (Å²) in [6, 6.07) is 7.79. The fraction of sp³-hybridized carbons (Fsp3) is 0. The average Bonchev–Trinajstić information content (AvgIpc) is 2.44. The number of hydrogen-bond donors (Lipinski definition) is 2. The zero-order chi connectivity index (χ0) is 14.7. The maximum atomic E-state index is 13.8. The fourth-order valence-corrected chi connectivity index (χ4v) is 1.83. The van der Waals surface area contributed by atoms with Gasteiger partial charge in [-0.25, -0.2) is 8.78 Å². The molecule has 2 rings (SSSR count). The number of amidine groups is 1. The summed E-state index contributed by atoms with van der Waals surface area (Å²) in [5.74, 6) is -1.12. The number of nitrogens with zero attached hydrogens (tertiary/aromatic N) is 1. The molecule has 0 aliphatic carbocycles. The van der Waals surface area contributed by atoms with Crippen LogP contribution < -0.4 is 10.5 Å². The van der Waals surface area contributed by atoms with E-state index in [4.69, 9.17) is 15.7 Å². The molecule has 2 aromatic carbocycles. The SMILES string of the molecule is N/C(=N/O)c1ccc(Oc2ccc(F)c(Br)c2)c(F)c1. The van der Waals surface area contributed by atoms with E-state index in [9.17, 15) is 8.78 Å². The van der Waals surface area contributed by atoms with Gasteiger partial charge in [-0.15, -0.1) is 0 Å².